The first-order valence-electron chi connectivity index (χ1n) is 25.1. The molecule has 8 rings (SSSR count). The Bertz CT molecular complexity index is 3200. The third-order valence-electron chi connectivity index (χ3n) is 13.9. The predicted octanol–water partition coefficient (Wildman–Crippen LogP) is 17.1. The molecule has 0 bridgehead atoms. The summed E-state index contributed by atoms with van der Waals surface area (Å²) in [5.74, 6) is -0.0913. The van der Waals surface area contributed by atoms with Gasteiger partial charge in [-0.05, 0) is 184 Å². The molecule has 0 fully saturated rings. The molecule has 7 heteroatoms. The van der Waals surface area contributed by atoms with Crippen LogP contribution in [0.3, 0.4) is 0 Å². The van der Waals surface area contributed by atoms with Crippen molar-refractivity contribution in [3.8, 4) is 0 Å². The van der Waals surface area contributed by atoms with Gasteiger partial charge in [0.25, 0.3) is 10.0 Å². The second-order valence-electron chi connectivity index (χ2n) is 19.6. The van der Waals surface area contributed by atoms with Crippen molar-refractivity contribution in [3.63, 3.8) is 0 Å². The maximum absolute atomic E-state index is 13.8. The zero-order valence-electron chi connectivity index (χ0n) is 43.6. The van der Waals surface area contributed by atoms with Gasteiger partial charge in [-0.15, -0.1) is 0 Å². The van der Waals surface area contributed by atoms with Crippen LogP contribution in [-0.2, 0) is 10.0 Å². The number of anilines is 7. The highest BCUT2D eigenvalue weighted by Crippen LogP contribution is 2.43. The highest BCUT2D eigenvalue weighted by Gasteiger charge is 2.25. The van der Waals surface area contributed by atoms with Crippen LogP contribution in [-0.4, -0.2) is 21.5 Å². The Morgan fingerprint density at radius 1 is 0.535 bits per heavy atom. The van der Waals surface area contributed by atoms with Crippen LogP contribution >= 0.6 is 0 Å². The summed E-state index contributed by atoms with van der Waals surface area (Å²) in [6, 6.07) is 49.6. The molecule has 0 amide bonds. The molecule has 0 saturated heterocycles. The molecule has 0 heterocycles. The molecule has 6 nitrogen and oxygen atoms in total. The number of sulfonamides is 1. The van der Waals surface area contributed by atoms with Gasteiger partial charge in [0.05, 0.1) is 10.6 Å². The van der Waals surface area contributed by atoms with E-state index in [1.54, 1.807) is 30.3 Å². The van der Waals surface area contributed by atoms with E-state index >= 15 is 0 Å². The average molecular weight is 959 g/mol. The number of aryl methyl sites for hydroxylation is 8. The molecule has 71 heavy (non-hydrogen) atoms. The number of rotatable bonds is 17. The van der Waals surface area contributed by atoms with Gasteiger partial charge in [-0.2, -0.15) is 0 Å². The second kappa shape index (κ2) is 21.1. The van der Waals surface area contributed by atoms with E-state index in [1.807, 2.05) is 19.9 Å². The van der Waals surface area contributed by atoms with Crippen molar-refractivity contribution in [2.45, 2.75) is 99.8 Å². The second-order valence-corrected chi connectivity index (χ2v) is 21.2. The van der Waals surface area contributed by atoms with E-state index in [9.17, 15) is 8.42 Å². The van der Waals surface area contributed by atoms with E-state index < -0.39 is 10.0 Å². The summed E-state index contributed by atoms with van der Waals surface area (Å²) in [5, 5.41) is 6.01. The fourth-order valence-corrected chi connectivity index (χ4v) is 12.2. The molecule has 0 unspecified atom stereocenters. The van der Waals surface area contributed by atoms with E-state index in [-0.39, 0.29) is 10.8 Å². The van der Waals surface area contributed by atoms with Crippen molar-refractivity contribution in [2.75, 3.05) is 32.9 Å². The Morgan fingerprint density at radius 3 is 1.46 bits per heavy atom. The Morgan fingerprint density at radius 2 is 1.00 bits per heavy atom. The summed E-state index contributed by atoms with van der Waals surface area (Å²) in [4.78, 5) is 5.16. The van der Waals surface area contributed by atoms with Crippen LogP contribution < -0.4 is 19.8 Å². The van der Waals surface area contributed by atoms with Crippen molar-refractivity contribution in [2.24, 2.45) is 0 Å². The molecular weight excluding hydrogens is 889 g/mol. The van der Waals surface area contributed by atoms with E-state index in [2.05, 4.69) is 198 Å². The van der Waals surface area contributed by atoms with Crippen molar-refractivity contribution in [1.82, 2.24) is 0 Å². The van der Waals surface area contributed by atoms with Crippen LogP contribution in [0, 0.1) is 62.3 Å². The minimum Gasteiger partial charge on any atom is -0.355 e. The number of benzene rings is 8. The average Bonchev–Trinajstić information content (AvgIpc) is 3.34. The highest BCUT2D eigenvalue weighted by molar-refractivity contribution is 7.92. The molecule has 364 valence electrons. The highest BCUT2D eigenvalue weighted by atomic mass is 32.2. The molecule has 0 spiro atoms. The maximum Gasteiger partial charge on any atom is 0.261 e. The molecule has 0 aliphatic rings. The smallest absolute Gasteiger partial charge is 0.261 e. The van der Waals surface area contributed by atoms with Gasteiger partial charge in [0.2, 0.25) is 0 Å². The lowest BCUT2D eigenvalue weighted by molar-refractivity contribution is 0.601. The Labute approximate surface area is 424 Å². The summed E-state index contributed by atoms with van der Waals surface area (Å²) in [6.45, 7) is 29.4. The molecule has 8 aromatic rings. The van der Waals surface area contributed by atoms with Gasteiger partial charge in [0.15, 0.2) is 0 Å². The number of fused-ring (bicyclic) bond motifs is 1. The maximum atomic E-state index is 13.8. The summed E-state index contributed by atoms with van der Waals surface area (Å²) in [6.07, 6.45) is 3.75. The van der Waals surface area contributed by atoms with Crippen LogP contribution in [0.4, 0.5) is 39.8 Å². The SMILES string of the molecule is C=Cc1ccc(S(=O)(=O)Nc2c(C)cc(C)c(Nc3ccc(C(c4ccc(N(CCC)c5c(C)cc(C)cc5C)cc4)c4ccc(N(CCC)c5c(C)cc(C)cc5C)cc4)c4ccccc34)c2C)cc1. The third kappa shape index (κ3) is 10.4. The first-order chi connectivity index (χ1) is 34.0. The van der Waals surface area contributed by atoms with Gasteiger partial charge in [-0.3, -0.25) is 4.72 Å². The third-order valence-corrected chi connectivity index (χ3v) is 15.3. The lowest BCUT2D eigenvalue weighted by Gasteiger charge is -2.30. The zero-order chi connectivity index (χ0) is 50.7. The molecule has 0 atom stereocenters. The first kappa shape index (κ1) is 50.3. The Kier molecular flexibility index (Phi) is 14.9. The standard InChI is InChI=1S/C64H70N4O2S/c1-13-34-67(63-45(8)36-41(4)37-46(63)9)53-26-22-51(23-27-53)60(52-24-28-54(29-25-52)68(35-14-2)64-47(10)38-42(5)39-48(64)11)58-32-33-59(57-19-17-16-18-56(57)58)65-61-43(6)40-44(7)62(49(61)12)66-71(69,70)55-30-20-50(15-3)21-31-55/h15-33,36-40,60,65-66H,3,13-14,34-35H2,1-2,4-12H3. The summed E-state index contributed by atoms with van der Waals surface area (Å²) in [5.41, 5.74) is 22.2. The fourth-order valence-electron chi connectivity index (χ4n) is 11.0. The number of hydrogen-bond donors (Lipinski definition) is 2. The van der Waals surface area contributed by atoms with Crippen LogP contribution in [0.1, 0.15) is 105 Å². The summed E-state index contributed by atoms with van der Waals surface area (Å²) in [7, 11) is -3.87. The largest absolute Gasteiger partial charge is 0.355 e. The number of nitrogens with one attached hydrogen (secondary N) is 2. The molecule has 2 N–H and O–H groups in total. The number of nitrogens with zero attached hydrogens (tertiary/aromatic N) is 2. The monoisotopic (exact) mass is 959 g/mol. The van der Waals surface area contributed by atoms with Gasteiger partial charge in [-0.25, -0.2) is 8.42 Å². The van der Waals surface area contributed by atoms with Gasteiger partial charge in [0.1, 0.15) is 0 Å². The minimum absolute atomic E-state index is 0.0913. The normalized spacial score (nSPS) is 11.5. The Hall–Kier alpha value is -7.09. The molecule has 0 aliphatic heterocycles. The molecule has 0 aromatic heterocycles. The van der Waals surface area contributed by atoms with E-state index in [1.165, 1.54) is 72.8 Å². The Balaban J connectivity index is 1.23. The molecule has 8 aromatic carbocycles. The molecule has 0 radical (unpaired) electrons. The van der Waals surface area contributed by atoms with Crippen LogP contribution in [0.5, 0.6) is 0 Å². The zero-order valence-corrected chi connectivity index (χ0v) is 44.4. The van der Waals surface area contributed by atoms with Crippen LogP contribution in [0.25, 0.3) is 16.8 Å². The molecular formula is C64H70N4O2S. The molecule has 0 saturated carbocycles. The minimum atomic E-state index is -3.87. The van der Waals surface area contributed by atoms with Crippen molar-refractivity contribution in [3.05, 3.63) is 218 Å². The van der Waals surface area contributed by atoms with Gasteiger partial charge in [-0.1, -0.05) is 135 Å². The molecule has 0 aliphatic carbocycles. The van der Waals surface area contributed by atoms with Crippen LogP contribution in [0.2, 0.25) is 0 Å². The fraction of sp³-hybridized carbons (Fsp3) is 0.250. The van der Waals surface area contributed by atoms with Gasteiger partial charge in [0, 0.05) is 58.5 Å². The summed E-state index contributed by atoms with van der Waals surface area (Å²) < 4.78 is 30.5. The quantitative estimate of drug-likeness (QED) is 0.0891. The van der Waals surface area contributed by atoms with Gasteiger partial charge >= 0.3 is 0 Å². The van der Waals surface area contributed by atoms with Crippen molar-refractivity contribution < 1.29 is 8.42 Å². The number of hydrogen-bond acceptors (Lipinski definition) is 5. The lowest BCUT2D eigenvalue weighted by Crippen LogP contribution is -2.20. The van der Waals surface area contributed by atoms with E-state index in [0.717, 1.165) is 70.3 Å². The van der Waals surface area contributed by atoms with Gasteiger partial charge < -0.3 is 15.1 Å². The van der Waals surface area contributed by atoms with Crippen LogP contribution in [0.15, 0.2) is 151 Å². The van der Waals surface area contributed by atoms with E-state index in [0.29, 0.717) is 5.69 Å². The summed E-state index contributed by atoms with van der Waals surface area (Å²) >= 11 is 0. The van der Waals surface area contributed by atoms with Crippen molar-refractivity contribution >= 4 is 66.7 Å². The predicted molar refractivity (Wildman–Crippen MR) is 305 cm³/mol. The first-order valence-corrected chi connectivity index (χ1v) is 26.6. The lowest BCUT2D eigenvalue weighted by atomic mass is 9.82. The van der Waals surface area contributed by atoms with E-state index in [4.69, 9.17) is 0 Å². The topological polar surface area (TPSA) is 64.7 Å². The van der Waals surface area contributed by atoms with Crippen molar-refractivity contribution in [1.29, 1.82) is 0 Å².